The van der Waals surface area contributed by atoms with E-state index in [4.69, 9.17) is 0 Å². The molecule has 1 fully saturated rings. The number of fused-ring (bicyclic) bond motifs is 1. The highest BCUT2D eigenvalue weighted by atomic mass is 16.2. The predicted octanol–water partition coefficient (Wildman–Crippen LogP) is 3.56. The van der Waals surface area contributed by atoms with E-state index in [1.165, 1.54) is 0 Å². The van der Waals surface area contributed by atoms with Crippen LogP contribution in [-0.4, -0.2) is 47.8 Å². The minimum absolute atomic E-state index is 0.0615. The normalized spacial score (nSPS) is 15.0. The molecule has 1 aliphatic heterocycles. The lowest BCUT2D eigenvalue weighted by Crippen LogP contribution is -2.51. The van der Waals surface area contributed by atoms with Crippen molar-refractivity contribution in [1.82, 2.24) is 9.80 Å². The Hall–Kier alpha value is -2.36. The molecule has 0 N–H and O–H groups in total. The van der Waals surface area contributed by atoms with Crippen molar-refractivity contribution in [1.29, 1.82) is 0 Å². The van der Waals surface area contributed by atoms with Crippen LogP contribution < -0.4 is 0 Å². The molecule has 2 aromatic rings. The molecular formula is C21H26N2O2. The number of benzene rings is 2. The van der Waals surface area contributed by atoms with Crippen molar-refractivity contribution in [2.75, 3.05) is 26.2 Å². The second kappa shape index (κ2) is 7.68. The Bertz CT molecular complexity index is 754. The zero-order valence-corrected chi connectivity index (χ0v) is 15.1. The van der Waals surface area contributed by atoms with Crippen LogP contribution in [0.5, 0.6) is 0 Å². The Morgan fingerprint density at radius 3 is 2.16 bits per heavy atom. The van der Waals surface area contributed by atoms with Gasteiger partial charge in [0.1, 0.15) is 0 Å². The van der Waals surface area contributed by atoms with Gasteiger partial charge < -0.3 is 9.80 Å². The van der Waals surface area contributed by atoms with Gasteiger partial charge in [-0.15, -0.1) is 0 Å². The summed E-state index contributed by atoms with van der Waals surface area (Å²) in [6.07, 6.45) is 1.76. The second-order valence-corrected chi connectivity index (χ2v) is 6.66. The third kappa shape index (κ3) is 3.53. The lowest BCUT2D eigenvalue weighted by Gasteiger charge is -2.36. The highest BCUT2D eigenvalue weighted by molar-refractivity contribution is 6.07. The van der Waals surface area contributed by atoms with Crippen LogP contribution in [0.4, 0.5) is 0 Å². The van der Waals surface area contributed by atoms with Crippen molar-refractivity contribution in [3.05, 3.63) is 48.0 Å². The van der Waals surface area contributed by atoms with Crippen LogP contribution in [0.15, 0.2) is 42.5 Å². The molecule has 2 aromatic carbocycles. The van der Waals surface area contributed by atoms with E-state index in [1.54, 1.807) is 0 Å². The van der Waals surface area contributed by atoms with Crippen LogP contribution in [0.1, 0.15) is 37.0 Å². The second-order valence-electron chi connectivity index (χ2n) is 6.66. The van der Waals surface area contributed by atoms with Gasteiger partial charge in [0.2, 0.25) is 5.91 Å². The molecule has 1 heterocycles. The Kier molecular flexibility index (Phi) is 5.37. The fraction of sp³-hybridized carbons (Fsp3) is 0.429. The van der Waals surface area contributed by atoms with Crippen LogP contribution in [0, 0.1) is 5.92 Å². The summed E-state index contributed by atoms with van der Waals surface area (Å²) in [6, 6.07) is 13.8. The average molecular weight is 338 g/mol. The fourth-order valence-corrected chi connectivity index (χ4v) is 3.61. The highest BCUT2D eigenvalue weighted by Crippen LogP contribution is 2.21. The molecular weight excluding hydrogens is 312 g/mol. The zero-order chi connectivity index (χ0) is 17.8. The summed E-state index contributed by atoms with van der Waals surface area (Å²) in [6.45, 7) is 6.60. The van der Waals surface area contributed by atoms with E-state index in [0.717, 1.165) is 29.2 Å². The monoisotopic (exact) mass is 338 g/mol. The lowest BCUT2D eigenvalue weighted by molar-refractivity contribution is -0.137. The summed E-state index contributed by atoms with van der Waals surface area (Å²) < 4.78 is 0. The average Bonchev–Trinajstić information content (AvgIpc) is 2.68. The number of carbonyl (C=O) groups is 2. The maximum absolute atomic E-state index is 13.0. The molecule has 4 heteroatoms. The van der Waals surface area contributed by atoms with Crippen LogP contribution in [0.3, 0.4) is 0 Å². The van der Waals surface area contributed by atoms with Gasteiger partial charge in [0.25, 0.3) is 5.91 Å². The first kappa shape index (κ1) is 17.5. The molecule has 4 nitrogen and oxygen atoms in total. The van der Waals surface area contributed by atoms with Crippen LogP contribution in [0.2, 0.25) is 0 Å². The molecule has 25 heavy (non-hydrogen) atoms. The largest absolute Gasteiger partial charge is 0.339 e. The highest BCUT2D eigenvalue weighted by Gasteiger charge is 2.28. The molecule has 0 spiro atoms. The van der Waals surface area contributed by atoms with E-state index in [2.05, 4.69) is 13.8 Å². The predicted molar refractivity (Wildman–Crippen MR) is 101 cm³/mol. The minimum Gasteiger partial charge on any atom is -0.339 e. The number of hydrogen-bond donors (Lipinski definition) is 0. The first-order valence-corrected chi connectivity index (χ1v) is 9.21. The van der Waals surface area contributed by atoms with Crippen molar-refractivity contribution in [2.24, 2.45) is 5.92 Å². The molecule has 0 radical (unpaired) electrons. The Morgan fingerprint density at radius 1 is 0.880 bits per heavy atom. The maximum Gasteiger partial charge on any atom is 0.254 e. The van der Waals surface area contributed by atoms with Gasteiger partial charge in [-0.2, -0.15) is 0 Å². The smallest absolute Gasteiger partial charge is 0.254 e. The molecule has 0 aromatic heterocycles. The van der Waals surface area contributed by atoms with Crippen molar-refractivity contribution in [3.63, 3.8) is 0 Å². The summed E-state index contributed by atoms with van der Waals surface area (Å²) in [5, 5.41) is 2.07. The van der Waals surface area contributed by atoms with Gasteiger partial charge in [-0.05, 0) is 29.7 Å². The summed E-state index contributed by atoms with van der Waals surface area (Å²) >= 11 is 0. The molecule has 0 bridgehead atoms. The van der Waals surface area contributed by atoms with Gasteiger partial charge in [-0.1, -0.05) is 50.2 Å². The summed E-state index contributed by atoms with van der Waals surface area (Å²) in [4.78, 5) is 29.3. The van der Waals surface area contributed by atoms with Crippen molar-refractivity contribution < 1.29 is 9.59 Å². The van der Waals surface area contributed by atoms with E-state index in [1.807, 2.05) is 52.3 Å². The van der Waals surface area contributed by atoms with Gasteiger partial charge in [0.05, 0.1) is 0 Å². The van der Waals surface area contributed by atoms with E-state index in [-0.39, 0.29) is 17.7 Å². The topological polar surface area (TPSA) is 40.6 Å². The molecule has 0 aliphatic carbocycles. The summed E-state index contributed by atoms with van der Waals surface area (Å²) in [5.41, 5.74) is 0.748. The van der Waals surface area contributed by atoms with Crippen molar-refractivity contribution >= 4 is 22.6 Å². The Morgan fingerprint density at radius 2 is 1.48 bits per heavy atom. The third-order valence-electron chi connectivity index (χ3n) is 5.23. The van der Waals surface area contributed by atoms with Crippen LogP contribution >= 0.6 is 0 Å². The standard InChI is InChI=1S/C21H26N2O2/c1-3-16(4-2)20(24)22-12-14-23(15-13-22)21(25)19-11-7-9-17-8-5-6-10-18(17)19/h5-11,16H,3-4,12-15H2,1-2H3. The maximum atomic E-state index is 13.0. The van der Waals surface area contributed by atoms with Crippen molar-refractivity contribution in [2.45, 2.75) is 26.7 Å². The first-order chi connectivity index (χ1) is 12.2. The Balaban J connectivity index is 1.70. The molecule has 1 saturated heterocycles. The van der Waals surface area contributed by atoms with Gasteiger partial charge in [0.15, 0.2) is 0 Å². The molecule has 1 aliphatic rings. The van der Waals surface area contributed by atoms with Gasteiger partial charge in [-0.25, -0.2) is 0 Å². The number of amides is 2. The zero-order valence-electron chi connectivity index (χ0n) is 15.1. The van der Waals surface area contributed by atoms with E-state index >= 15 is 0 Å². The van der Waals surface area contributed by atoms with E-state index in [9.17, 15) is 9.59 Å². The molecule has 0 unspecified atom stereocenters. The lowest BCUT2D eigenvalue weighted by atomic mass is 10.0. The number of rotatable bonds is 4. The van der Waals surface area contributed by atoms with Gasteiger partial charge >= 0.3 is 0 Å². The SMILES string of the molecule is CCC(CC)C(=O)N1CCN(C(=O)c2cccc3ccccc23)CC1. The Labute approximate surface area is 149 Å². The van der Waals surface area contributed by atoms with E-state index < -0.39 is 0 Å². The van der Waals surface area contributed by atoms with Gasteiger partial charge in [0, 0.05) is 37.7 Å². The molecule has 3 rings (SSSR count). The summed E-state index contributed by atoms with van der Waals surface area (Å²) in [7, 11) is 0. The molecule has 132 valence electrons. The van der Waals surface area contributed by atoms with Crippen LogP contribution in [0.25, 0.3) is 10.8 Å². The molecule has 0 atom stereocenters. The fourth-order valence-electron chi connectivity index (χ4n) is 3.61. The minimum atomic E-state index is 0.0615. The molecule has 2 amide bonds. The molecule has 0 saturated carbocycles. The quantitative estimate of drug-likeness (QED) is 0.855. The van der Waals surface area contributed by atoms with E-state index in [0.29, 0.717) is 26.2 Å². The number of hydrogen-bond acceptors (Lipinski definition) is 2. The third-order valence-corrected chi connectivity index (χ3v) is 5.23. The van der Waals surface area contributed by atoms with Crippen LogP contribution in [-0.2, 0) is 4.79 Å². The summed E-state index contributed by atoms with van der Waals surface area (Å²) in [5.74, 6) is 0.411. The van der Waals surface area contributed by atoms with Gasteiger partial charge in [-0.3, -0.25) is 9.59 Å². The number of piperazine rings is 1. The first-order valence-electron chi connectivity index (χ1n) is 9.21. The number of nitrogens with zero attached hydrogens (tertiary/aromatic N) is 2. The van der Waals surface area contributed by atoms with Crippen molar-refractivity contribution in [3.8, 4) is 0 Å². The number of carbonyl (C=O) groups excluding carboxylic acids is 2.